The first kappa shape index (κ1) is 14.7. The molecule has 0 heterocycles. The Labute approximate surface area is 104 Å². The Morgan fingerprint density at radius 2 is 1.65 bits per heavy atom. The van der Waals surface area contributed by atoms with E-state index in [0.717, 1.165) is 18.6 Å². The summed E-state index contributed by atoms with van der Waals surface area (Å²) in [5.74, 6) is 0.718. The van der Waals surface area contributed by atoms with E-state index in [-0.39, 0.29) is 0 Å². The normalized spacial score (nSPS) is 17.0. The second-order valence-corrected chi connectivity index (χ2v) is 5.69. The quantitative estimate of drug-likeness (QED) is 0.525. The first-order valence-corrected chi connectivity index (χ1v) is 7.84. The first-order chi connectivity index (χ1) is 8.11. The Hall–Kier alpha value is -0.310. The Bertz CT molecular complexity index is 294. The minimum absolute atomic E-state index is 0.319. The summed E-state index contributed by atoms with van der Waals surface area (Å²) in [5.41, 5.74) is 1.25. The number of rotatable bonds is 6. The van der Waals surface area contributed by atoms with Crippen molar-refractivity contribution in [3.63, 3.8) is 0 Å². The van der Waals surface area contributed by atoms with E-state index in [1.807, 2.05) is 6.92 Å². The molecule has 4 nitrogen and oxygen atoms in total. The largest absolute Gasteiger partial charge is 0.529 e. The molecule has 0 bridgehead atoms. The maximum Gasteiger partial charge on any atom is 0.529 e. The highest BCUT2D eigenvalue weighted by Gasteiger charge is 2.28. The van der Waals surface area contributed by atoms with Crippen molar-refractivity contribution in [2.45, 2.75) is 52.9 Å². The summed E-state index contributed by atoms with van der Waals surface area (Å²) in [6.45, 7) is 6.04. The van der Waals surface area contributed by atoms with Crippen LogP contribution in [-0.4, -0.2) is 13.2 Å². The van der Waals surface area contributed by atoms with Gasteiger partial charge in [-0.25, -0.2) is 4.57 Å². The molecule has 0 aromatic heterocycles. The standard InChI is InChI=1S/C12H23O4P/c1-4-14-17(13,15-5-2)16-11(3)12-9-7-6-8-10-12/h4-10H2,1-3H3. The van der Waals surface area contributed by atoms with Crippen LogP contribution in [0.3, 0.4) is 0 Å². The van der Waals surface area contributed by atoms with Crippen LogP contribution in [0.15, 0.2) is 11.3 Å². The van der Waals surface area contributed by atoms with E-state index in [0.29, 0.717) is 13.2 Å². The molecule has 0 saturated heterocycles. The highest BCUT2D eigenvalue weighted by molar-refractivity contribution is 7.48. The van der Waals surface area contributed by atoms with Crippen LogP contribution >= 0.6 is 7.82 Å². The zero-order valence-electron chi connectivity index (χ0n) is 11.0. The number of hydrogen-bond acceptors (Lipinski definition) is 4. The number of phosphoric acid groups is 1. The Balaban J connectivity index is 2.68. The molecule has 17 heavy (non-hydrogen) atoms. The molecule has 1 aliphatic rings. The van der Waals surface area contributed by atoms with Gasteiger partial charge in [-0.1, -0.05) is 6.42 Å². The minimum Gasteiger partial charge on any atom is -0.409 e. The molecule has 1 rings (SSSR count). The molecular weight excluding hydrogens is 239 g/mol. The van der Waals surface area contributed by atoms with Gasteiger partial charge in [-0.15, -0.1) is 0 Å². The van der Waals surface area contributed by atoms with Gasteiger partial charge in [-0.2, -0.15) is 0 Å². The smallest absolute Gasteiger partial charge is 0.409 e. The number of phosphoric ester groups is 1. The van der Waals surface area contributed by atoms with E-state index in [4.69, 9.17) is 13.6 Å². The van der Waals surface area contributed by atoms with Gasteiger partial charge in [-0.3, -0.25) is 9.05 Å². The van der Waals surface area contributed by atoms with Crippen molar-refractivity contribution in [2.24, 2.45) is 0 Å². The third kappa shape index (κ3) is 4.82. The van der Waals surface area contributed by atoms with Crippen molar-refractivity contribution >= 4 is 7.82 Å². The average Bonchev–Trinajstić information content (AvgIpc) is 2.30. The minimum atomic E-state index is -3.40. The molecule has 0 aliphatic heterocycles. The zero-order valence-corrected chi connectivity index (χ0v) is 11.9. The molecule has 0 aromatic rings. The van der Waals surface area contributed by atoms with Crippen LogP contribution in [0.1, 0.15) is 52.9 Å². The van der Waals surface area contributed by atoms with Crippen LogP contribution in [0, 0.1) is 0 Å². The molecule has 0 radical (unpaired) electrons. The van der Waals surface area contributed by atoms with Crippen molar-refractivity contribution in [3.05, 3.63) is 11.3 Å². The second kappa shape index (κ2) is 7.20. The van der Waals surface area contributed by atoms with Gasteiger partial charge in [0.25, 0.3) is 0 Å². The van der Waals surface area contributed by atoms with Gasteiger partial charge in [0.15, 0.2) is 0 Å². The molecule has 5 heteroatoms. The van der Waals surface area contributed by atoms with E-state index in [1.54, 1.807) is 13.8 Å². The molecule has 0 atom stereocenters. The summed E-state index contributed by atoms with van der Waals surface area (Å²) in [6, 6.07) is 0. The van der Waals surface area contributed by atoms with Crippen molar-refractivity contribution in [1.82, 2.24) is 0 Å². The van der Waals surface area contributed by atoms with Gasteiger partial charge in [-0.05, 0) is 52.0 Å². The summed E-state index contributed by atoms with van der Waals surface area (Å²) in [6.07, 6.45) is 5.70. The van der Waals surface area contributed by atoms with Crippen molar-refractivity contribution < 1.29 is 18.1 Å². The van der Waals surface area contributed by atoms with E-state index in [2.05, 4.69) is 0 Å². The molecule has 100 valence electrons. The van der Waals surface area contributed by atoms with E-state index < -0.39 is 7.82 Å². The number of allylic oxidation sites excluding steroid dienone is 2. The van der Waals surface area contributed by atoms with Gasteiger partial charge in [0.2, 0.25) is 0 Å². The summed E-state index contributed by atoms with van der Waals surface area (Å²) in [7, 11) is -3.40. The topological polar surface area (TPSA) is 44.8 Å². The molecule has 1 saturated carbocycles. The van der Waals surface area contributed by atoms with Crippen LogP contribution in [0.4, 0.5) is 0 Å². The van der Waals surface area contributed by atoms with Crippen LogP contribution in [-0.2, 0) is 18.1 Å². The van der Waals surface area contributed by atoms with E-state index >= 15 is 0 Å². The Kier molecular flexibility index (Phi) is 6.24. The highest BCUT2D eigenvalue weighted by Crippen LogP contribution is 2.52. The predicted molar refractivity (Wildman–Crippen MR) is 67.7 cm³/mol. The summed E-state index contributed by atoms with van der Waals surface area (Å²) < 4.78 is 27.8. The monoisotopic (exact) mass is 262 g/mol. The molecule has 0 N–H and O–H groups in total. The second-order valence-electron chi connectivity index (χ2n) is 4.09. The fraction of sp³-hybridized carbons (Fsp3) is 0.833. The van der Waals surface area contributed by atoms with Gasteiger partial charge in [0.1, 0.15) is 5.76 Å². The van der Waals surface area contributed by atoms with Crippen LogP contribution in [0.2, 0.25) is 0 Å². The lowest BCUT2D eigenvalue weighted by Crippen LogP contribution is -2.03. The maximum absolute atomic E-state index is 12.2. The predicted octanol–water partition coefficient (Wildman–Crippen LogP) is 4.42. The molecule has 1 fully saturated rings. The average molecular weight is 262 g/mol. The molecule has 0 amide bonds. The van der Waals surface area contributed by atoms with Crippen LogP contribution in [0.25, 0.3) is 0 Å². The van der Waals surface area contributed by atoms with Crippen molar-refractivity contribution in [1.29, 1.82) is 0 Å². The van der Waals surface area contributed by atoms with Crippen molar-refractivity contribution in [2.75, 3.05) is 13.2 Å². The van der Waals surface area contributed by atoms with Crippen molar-refractivity contribution in [3.8, 4) is 0 Å². The molecular formula is C12H23O4P. The zero-order chi connectivity index (χ0) is 12.7. The van der Waals surface area contributed by atoms with Gasteiger partial charge in [0, 0.05) is 0 Å². The van der Waals surface area contributed by atoms with Crippen LogP contribution < -0.4 is 0 Å². The lowest BCUT2D eigenvalue weighted by molar-refractivity contribution is 0.144. The first-order valence-electron chi connectivity index (χ1n) is 6.38. The van der Waals surface area contributed by atoms with Gasteiger partial charge < -0.3 is 4.52 Å². The summed E-state index contributed by atoms with van der Waals surface area (Å²) in [5, 5.41) is 0. The van der Waals surface area contributed by atoms with Crippen LogP contribution in [0.5, 0.6) is 0 Å². The third-order valence-corrected chi connectivity index (χ3v) is 4.42. The Morgan fingerprint density at radius 3 is 2.12 bits per heavy atom. The fourth-order valence-corrected chi connectivity index (χ4v) is 3.25. The number of hydrogen-bond donors (Lipinski definition) is 0. The summed E-state index contributed by atoms with van der Waals surface area (Å²) in [4.78, 5) is 0. The van der Waals surface area contributed by atoms with Gasteiger partial charge in [0.05, 0.1) is 13.2 Å². The Morgan fingerprint density at radius 1 is 1.12 bits per heavy atom. The molecule has 0 unspecified atom stereocenters. The lowest BCUT2D eigenvalue weighted by Gasteiger charge is -2.21. The fourth-order valence-electron chi connectivity index (χ4n) is 1.97. The third-order valence-electron chi connectivity index (χ3n) is 2.78. The van der Waals surface area contributed by atoms with E-state index in [9.17, 15) is 4.57 Å². The molecule has 1 aliphatic carbocycles. The molecule has 0 spiro atoms. The SMILES string of the molecule is CCOP(=O)(OCC)OC(C)=C1CCCCC1. The molecule has 0 aromatic carbocycles. The van der Waals surface area contributed by atoms with E-state index in [1.165, 1.54) is 24.8 Å². The lowest BCUT2D eigenvalue weighted by atomic mass is 9.94. The highest BCUT2D eigenvalue weighted by atomic mass is 31.2. The maximum atomic E-state index is 12.2. The summed E-state index contributed by atoms with van der Waals surface area (Å²) >= 11 is 0. The van der Waals surface area contributed by atoms with Gasteiger partial charge >= 0.3 is 7.82 Å².